The van der Waals surface area contributed by atoms with Gasteiger partial charge in [-0.1, -0.05) is 6.07 Å². The minimum Gasteiger partial charge on any atom is -0.340 e. The summed E-state index contributed by atoms with van der Waals surface area (Å²) >= 11 is 0. The smallest absolute Gasteiger partial charge is 0.333 e. The van der Waals surface area contributed by atoms with Crippen molar-refractivity contribution in [2.45, 2.75) is 50.0 Å². The number of anilines is 1. The number of urea groups is 1. The fourth-order valence-electron chi connectivity index (χ4n) is 4.97. The van der Waals surface area contributed by atoms with E-state index in [1.165, 1.54) is 33.8 Å². The Morgan fingerprint density at radius 1 is 1.00 bits per heavy atom. The number of benzene rings is 1. The van der Waals surface area contributed by atoms with Gasteiger partial charge in [0.25, 0.3) is 15.9 Å². The van der Waals surface area contributed by atoms with Gasteiger partial charge in [-0.15, -0.1) is 0 Å². The highest BCUT2D eigenvalue weighted by Gasteiger charge is 2.28. The van der Waals surface area contributed by atoms with E-state index in [2.05, 4.69) is 21.2 Å². The molecule has 0 spiro atoms. The number of carbonyl (C=O) groups excluding carboxylic acids is 2. The van der Waals surface area contributed by atoms with Gasteiger partial charge in [-0.3, -0.25) is 9.48 Å². The number of nitrogens with one attached hydrogen (secondary N) is 2. The summed E-state index contributed by atoms with van der Waals surface area (Å²) in [7, 11) is 2.83. The molecule has 0 saturated carbocycles. The van der Waals surface area contributed by atoms with Gasteiger partial charge in [-0.05, 0) is 87.8 Å². The van der Waals surface area contributed by atoms with E-state index in [9.17, 15) is 18.0 Å². The van der Waals surface area contributed by atoms with Gasteiger partial charge >= 0.3 is 6.03 Å². The van der Waals surface area contributed by atoms with E-state index in [1.807, 2.05) is 19.0 Å². The summed E-state index contributed by atoms with van der Waals surface area (Å²) in [6.45, 7) is 1.35. The Kier molecular flexibility index (Phi) is 7.18. The molecule has 35 heavy (non-hydrogen) atoms. The van der Waals surface area contributed by atoms with Crippen LogP contribution >= 0.6 is 0 Å². The van der Waals surface area contributed by atoms with E-state index in [4.69, 9.17) is 0 Å². The lowest BCUT2D eigenvalue weighted by Gasteiger charge is -2.18. The zero-order valence-electron chi connectivity index (χ0n) is 20.8. The highest BCUT2D eigenvalue weighted by molar-refractivity contribution is 7.90. The fraction of sp³-hybridized carbons (Fsp3) is 0.542. The number of sulfonamides is 1. The van der Waals surface area contributed by atoms with Gasteiger partial charge in [-0.2, -0.15) is 13.5 Å². The average Bonchev–Trinajstić information content (AvgIpc) is 3.51. The largest absolute Gasteiger partial charge is 0.340 e. The molecule has 0 unspecified atom stereocenters. The number of hydrogen-bond donors (Lipinski definition) is 2. The lowest BCUT2D eigenvalue weighted by atomic mass is 9.99. The summed E-state index contributed by atoms with van der Waals surface area (Å²) in [5.41, 5.74) is 5.61. The first-order chi connectivity index (χ1) is 16.6. The van der Waals surface area contributed by atoms with Crippen LogP contribution in [0.5, 0.6) is 0 Å². The van der Waals surface area contributed by atoms with Crippen molar-refractivity contribution in [1.82, 2.24) is 24.3 Å². The molecule has 2 aromatic rings. The van der Waals surface area contributed by atoms with Crippen LogP contribution < -0.4 is 10.0 Å². The molecule has 3 amide bonds. The molecule has 0 aliphatic heterocycles. The SMILES string of the molecule is CN(C)CCCN(C)C(=O)c1cc(S(=O)(=O)NC(=O)Nc2c3c(cc4c2CCC4)CCC3)nn1C. The first-order valence-corrected chi connectivity index (χ1v) is 13.5. The number of nitrogens with zero attached hydrogens (tertiary/aromatic N) is 4. The van der Waals surface area contributed by atoms with Gasteiger partial charge in [0, 0.05) is 32.4 Å². The third-order valence-electron chi connectivity index (χ3n) is 6.74. The molecule has 1 heterocycles. The van der Waals surface area contributed by atoms with Gasteiger partial charge < -0.3 is 15.1 Å². The Hall–Kier alpha value is -2.92. The number of rotatable bonds is 8. The molecule has 1 aromatic heterocycles. The third kappa shape index (κ3) is 5.35. The van der Waals surface area contributed by atoms with Gasteiger partial charge in [0.2, 0.25) is 0 Å². The molecule has 1 aromatic carbocycles. The lowest BCUT2D eigenvalue weighted by Crippen LogP contribution is -2.35. The summed E-state index contributed by atoms with van der Waals surface area (Å²) in [5.74, 6) is -0.333. The molecule has 11 heteroatoms. The summed E-state index contributed by atoms with van der Waals surface area (Å²) in [6.07, 6.45) is 6.55. The molecule has 190 valence electrons. The van der Waals surface area contributed by atoms with Crippen LogP contribution in [0.4, 0.5) is 10.5 Å². The summed E-state index contributed by atoms with van der Waals surface area (Å²) in [6, 6.07) is 2.63. The molecule has 10 nitrogen and oxygen atoms in total. The molecule has 0 fully saturated rings. The van der Waals surface area contributed by atoms with Crippen molar-refractivity contribution in [3.8, 4) is 0 Å². The summed E-state index contributed by atoms with van der Waals surface area (Å²) < 4.78 is 29.2. The Labute approximate surface area is 206 Å². The number of hydrogen-bond acceptors (Lipinski definition) is 6. The predicted molar refractivity (Wildman–Crippen MR) is 133 cm³/mol. The first kappa shape index (κ1) is 25.2. The highest BCUT2D eigenvalue weighted by Crippen LogP contribution is 2.38. The van der Waals surface area contributed by atoms with Gasteiger partial charge in [0.1, 0.15) is 5.69 Å². The second-order valence-corrected chi connectivity index (χ2v) is 11.3. The number of amides is 3. The highest BCUT2D eigenvalue weighted by atomic mass is 32.2. The minimum atomic E-state index is -4.27. The zero-order chi connectivity index (χ0) is 25.3. The van der Waals surface area contributed by atoms with Crippen LogP contribution in [-0.2, 0) is 42.8 Å². The van der Waals surface area contributed by atoms with Gasteiger partial charge in [-0.25, -0.2) is 9.52 Å². The molecule has 0 bridgehead atoms. The number of fused-ring (bicyclic) bond motifs is 2. The van der Waals surface area contributed by atoms with Crippen LogP contribution in [0.1, 0.15) is 52.0 Å². The molecule has 0 saturated heterocycles. The maximum atomic E-state index is 12.9. The molecular formula is C24H34N6O4S. The van der Waals surface area contributed by atoms with Crippen molar-refractivity contribution in [2.75, 3.05) is 39.5 Å². The van der Waals surface area contributed by atoms with Crippen molar-refractivity contribution in [1.29, 1.82) is 0 Å². The molecular weight excluding hydrogens is 468 g/mol. The van der Waals surface area contributed by atoms with E-state index in [-0.39, 0.29) is 16.6 Å². The van der Waals surface area contributed by atoms with E-state index in [0.717, 1.165) is 68.3 Å². The van der Waals surface area contributed by atoms with Crippen molar-refractivity contribution < 1.29 is 18.0 Å². The number of aromatic nitrogens is 2. The fourth-order valence-corrected chi connectivity index (χ4v) is 5.87. The average molecular weight is 503 g/mol. The van der Waals surface area contributed by atoms with Crippen molar-refractivity contribution in [3.63, 3.8) is 0 Å². The summed E-state index contributed by atoms with van der Waals surface area (Å²) in [4.78, 5) is 29.2. The van der Waals surface area contributed by atoms with Crippen LogP contribution in [0.2, 0.25) is 0 Å². The van der Waals surface area contributed by atoms with Crippen LogP contribution in [0.15, 0.2) is 17.2 Å². The van der Waals surface area contributed by atoms with E-state index < -0.39 is 16.1 Å². The molecule has 2 aliphatic rings. The van der Waals surface area contributed by atoms with Crippen LogP contribution in [-0.4, -0.2) is 74.2 Å². The standard InChI is InChI=1S/C24H34N6O4S/c1-28(2)12-7-13-29(3)23(31)20-15-21(26-30(20)4)35(33,34)27-24(32)25-22-18-10-5-8-16(18)14-17-9-6-11-19(17)22/h14-15H,5-13H2,1-4H3,(H2,25,27,32). The van der Waals surface area contributed by atoms with Crippen molar-refractivity contribution in [3.05, 3.63) is 40.1 Å². The molecule has 4 rings (SSSR count). The predicted octanol–water partition coefficient (Wildman–Crippen LogP) is 1.93. The summed E-state index contributed by atoms with van der Waals surface area (Å²) in [5, 5.41) is 6.45. The van der Waals surface area contributed by atoms with E-state index >= 15 is 0 Å². The van der Waals surface area contributed by atoms with Gasteiger partial charge in [0.15, 0.2) is 5.03 Å². The quantitative estimate of drug-likeness (QED) is 0.570. The number of carbonyl (C=O) groups is 2. The van der Waals surface area contributed by atoms with E-state index in [1.54, 1.807) is 7.05 Å². The Morgan fingerprint density at radius 3 is 2.23 bits per heavy atom. The zero-order valence-corrected chi connectivity index (χ0v) is 21.7. The first-order valence-electron chi connectivity index (χ1n) is 12.0. The third-order valence-corrected chi connectivity index (χ3v) is 7.94. The maximum absolute atomic E-state index is 12.9. The van der Waals surface area contributed by atoms with Crippen LogP contribution in [0.3, 0.4) is 0 Å². The minimum absolute atomic E-state index is 0.136. The Morgan fingerprint density at radius 2 is 1.63 bits per heavy atom. The Balaban J connectivity index is 1.47. The van der Waals surface area contributed by atoms with Crippen molar-refractivity contribution >= 4 is 27.6 Å². The maximum Gasteiger partial charge on any atom is 0.333 e. The molecule has 0 atom stereocenters. The molecule has 2 aliphatic carbocycles. The van der Waals surface area contributed by atoms with Crippen molar-refractivity contribution in [2.24, 2.45) is 7.05 Å². The molecule has 2 N–H and O–H groups in total. The second-order valence-electron chi connectivity index (χ2n) is 9.67. The Bertz CT molecular complexity index is 1220. The van der Waals surface area contributed by atoms with Gasteiger partial charge in [0.05, 0.1) is 0 Å². The van der Waals surface area contributed by atoms with E-state index in [0.29, 0.717) is 6.54 Å². The normalized spacial score (nSPS) is 14.7. The topological polar surface area (TPSA) is 117 Å². The molecule has 0 radical (unpaired) electrons. The monoisotopic (exact) mass is 502 g/mol. The second kappa shape index (κ2) is 9.98. The van der Waals surface area contributed by atoms with Crippen LogP contribution in [0.25, 0.3) is 0 Å². The number of aryl methyl sites for hydroxylation is 3. The lowest BCUT2D eigenvalue weighted by molar-refractivity contribution is 0.0779. The van der Waals surface area contributed by atoms with Crippen LogP contribution in [0, 0.1) is 0 Å².